The summed E-state index contributed by atoms with van der Waals surface area (Å²) in [7, 11) is -3.61. The van der Waals surface area contributed by atoms with Gasteiger partial charge in [0.1, 0.15) is 0 Å². The number of hydrogen-bond acceptors (Lipinski definition) is 7. The van der Waals surface area contributed by atoms with Crippen molar-refractivity contribution >= 4 is 45.0 Å². The van der Waals surface area contributed by atoms with Crippen LogP contribution < -0.4 is 5.32 Å². The number of carbonyl (C=O) groups is 1. The molecule has 1 unspecified atom stereocenters. The molecule has 0 radical (unpaired) electrons. The summed E-state index contributed by atoms with van der Waals surface area (Å²) in [6, 6.07) is 13.2. The first-order valence-electron chi connectivity index (χ1n) is 9.91. The number of hydrogen-bond donors (Lipinski definition) is 1. The van der Waals surface area contributed by atoms with Gasteiger partial charge in [0, 0.05) is 29.4 Å². The van der Waals surface area contributed by atoms with E-state index < -0.39 is 15.3 Å². The number of aromatic nitrogens is 2. The van der Waals surface area contributed by atoms with Crippen molar-refractivity contribution in [3.63, 3.8) is 0 Å². The summed E-state index contributed by atoms with van der Waals surface area (Å²) in [4.78, 5) is 12.6. The van der Waals surface area contributed by atoms with Crippen LogP contribution in [-0.4, -0.2) is 47.2 Å². The number of carbonyl (C=O) groups excluding carboxylic acids is 1. The number of anilines is 1. The number of halogens is 1. The van der Waals surface area contributed by atoms with Crippen molar-refractivity contribution in [2.75, 3.05) is 18.4 Å². The summed E-state index contributed by atoms with van der Waals surface area (Å²) in [5.41, 5.74) is 1.11. The minimum Gasteiger partial charge on any atom is -0.411 e. The molecule has 2 aromatic carbocycles. The Balaban J connectivity index is 1.71. The van der Waals surface area contributed by atoms with Gasteiger partial charge in [-0.25, -0.2) is 8.42 Å². The lowest BCUT2D eigenvalue weighted by molar-refractivity contribution is -0.115. The molecule has 0 fully saturated rings. The zero-order chi connectivity index (χ0) is 23.3. The molecule has 0 aliphatic carbocycles. The first kappa shape index (κ1) is 24.2. The lowest BCUT2D eigenvalue weighted by Crippen LogP contribution is -2.30. The molecule has 0 aliphatic rings. The fourth-order valence-corrected chi connectivity index (χ4v) is 5.17. The van der Waals surface area contributed by atoms with E-state index in [2.05, 4.69) is 15.5 Å². The van der Waals surface area contributed by atoms with E-state index in [4.69, 9.17) is 16.0 Å². The third-order valence-corrected chi connectivity index (χ3v) is 7.82. The van der Waals surface area contributed by atoms with Gasteiger partial charge in [0.2, 0.25) is 21.8 Å². The SMILES string of the molecule is CCN(CC)S(=O)(=O)c1cccc(-c2nnc(SC(C)C(=O)Nc3ccc(Cl)cc3)o2)c1. The van der Waals surface area contributed by atoms with Gasteiger partial charge in [-0.3, -0.25) is 4.79 Å². The van der Waals surface area contributed by atoms with Crippen molar-refractivity contribution < 1.29 is 17.6 Å². The molecule has 32 heavy (non-hydrogen) atoms. The maximum Gasteiger partial charge on any atom is 0.277 e. The lowest BCUT2D eigenvalue weighted by atomic mass is 10.2. The van der Waals surface area contributed by atoms with Crippen molar-refractivity contribution in [2.45, 2.75) is 36.1 Å². The Labute approximate surface area is 196 Å². The summed E-state index contributed by atoms with van der Waals surface area (Å²) in [6.07, 6.45) is 0. The quantitative estimate of drug-likeness (QED) is 0.435. The fourth-order valence-electron chi connectivity index (χ4n) is 2.86. The monoisotopic (exact) mass is 494 g/mol. The van der Waals surface area contributed by atoms with E-state index in [1.807, 2.05) is 0 Å². The number of nitrogens with zero attached hydrogens (tertiary/aromatic N) is 3. The van der Waals surface area contributed by atoms with Crippen LogP contribution in [0.15, 0.2) is 63.1 Å². The maximum atomic E-state index is 12.8. The first-order valence-corrected chi connectivity index (χ1v) is 12.6. The Morgan fingerprint density at radius 1 is 1.16 bits per heavy atom. The molecule has 0 aliphatic heterocycles. The number of nitrogens with one attached hydrogen (secondary N) is 1. The molecule has 11 heteroatoms. The first-order chi connectivity index (χ1) is 15.2. The fraction of sp³-hybridized carbons (Fsp3) is 0.286. The Morgan fingerprint density at radius 2 is 1.84 bits per heavy atom. The van der Waals surface area contributed by atoms with Crippen molar-refractivity contribution in [3.8, 4) is 11.5 Å². The predicted octanol–water partition coefficient (Wildman–Crippen LogP) is 4.54. The third kappa shape index (κ3) is 5.69. The van der Waals surface area contributed by atoms with E-state index in [-0.39, 0.29) is 21.9 Å². The molecule has 1 heterocycles. The van der Waals surface area contributed by atoms with Crippen LogP contribution >= 0.6 is 23.4 Å². The van der Waals surface area contributed by atoms with Crippen molar-refractivity contribution in [1.82, 2.24) is 14.5 Å². The molecular weight excluding hydrogens is 472 g/mol. The number of sulfonamides is 1. The van der Waals surface area contributed by atoms with Crippen molar-refractivity contribution in [2.24, 2.45) is 0 Å². The highest BCUT2D eigenvalue weighted by Crippen LogP contribution is 2.28. The van der Waals surface area contributed by atoms with Gasteiger partial charge >= 0.3 is 0 Å². The standard InChI is InChI=1S/C21H23ClN4O4S2/c1-4-26(5-2)32(28,29)18-8-6-7-15(13-18)20-24-25-21(30-20)31-14(3)19(27)23-17-11-9-16(22)10-12-17/h6-14H,4-5H2,1-3H3,(H,23,27). The predicted molar refractivity (Wildman–Crippen MR) is 125 cm³/mol. The largest absolute Gasteiger partial charge is 0.411 e. The van der Waals surface area contributed by atoms with Crippen LogP contribution in [0, 0.1) is 0 Å². The molecule has 3 rings (SSSR count). The van der Waals surface area contributed by atoms with Gasteiger partial charge < -0.3 is 9.73 Å². The molecule has 0 saturated carbocycles. The van der Waals surface area contributed by atoms with Gasteiger partial charge in [-0.15, -0.1) is 10.2 Å². The molecule has 0 saturated heterocycles. The van der Waals surface area contributed by atoms with Gasteiger partial charge in [-0.1, -0.05) is 43.3 Å². The summed E-state index contributed by atoms with van der Waals surface area (Å²) < 4.78 is 32.6. The summed E-state index contributed by atoms with van der Waals surface area (Å²) >= 11 is 6.96. The Hall–Kier alpha value is -2.40. The Morgan fingerprint density at radius 3 is 2.50 bits per heavy atom. The molecule has 1 aromatic heterocycles. The van der Waals surface area contributed by atoms with Crippen LogP contribution in [-0.2, 0) is 14.8 Å². The highest BCUT2D eigenvalue weighted by Gasteiger charge is 2.23. The average molecular weight is 495 g/mol. The molecular formula is C21H23ClN4O4S2. The number of benzene rings is 2. The Kier molecular flexibility index (Phi) is 7.94. The van der Waals surface area contributed by atoms with Crippen LogP contribution in [0.4, 0.5) is 5.69 Å². The molecule has 0 spiro atoms. The second-order valence-corrected chi connectivity index (χ2v) is 10.4. The summed E-state index contributed by atoms with van der Waals surface area (Å²) in [5, 5.41) is 11.1. The third-order valence-electron chi connectivity index (χ3n) is 4.59. The molecule has 1 amide bonds. The van der Waals surface area contributed by atoms with Crippen molar-refractivity contribution in [1.29, 1.82) is 0 Å². The number of rotatable bonds is 9. The summed E-state index contributed by atoms with van der Waals surface area (Å²) in [5.74, 6) is -0.0567. The van der Waals surface area contributed by atoms with Gasteiger partial charge in [-0.2, -0.15) is 4.31 Å². The minimum atomic E-state index is -3.61. The van der Waals surface area contributed by atoms with E-state index in [1.165, 1.54) is 16.4 Å². The zero-order valence-corrected chi connectivity index (χ0v) is 20.2. The number of amides is 1. The minimum absolute atomic E-state index is 0.154. The van der Waals surface area contributed by atoms with Crippen molar-refractivity contribution in [3.05, 3.63) is 53.6 Å². The van der Waals surface area contributed by atoms with E-state index in [0.29, 0.717) is 29.4 Å². The van der Waals surface area contributed by atoms with Gasteiger partial charge in [-0.05, 0) is 49.4 Å². The van der Waals surface area contributed by atoms with Gasteiger partial charge in [0.05, 0.1) is 10.1 Å². The molecule has 170 valence electrons. The van der Waals surface area contributed by atoms with Crippen LogP contribution in [0.25, 0.3) is 11.5 Å². The van der Waals surface area contributed by atoms with Gasteiger partial charge in [0.15, 0.2) is 0 Å². The molecule has 3 aromatic rings. The molecule has 1 atom stereocenters. The molecule has 0 bridgehead atoms. The normalized spacial score (nSPS) is 12.7. The van der Waals surface area contributed by atoms with E-state index in [1.54, 1.807) is 57.2 Å². The second-order valence-electron chi connectivity index (χ2n) is 6.75. The molecule has 1 N–H and O–H groups in total. The number of thioether (sulfide) groups is 1. The van der Waals surface area contributed by atoms with Crippen LogP contribution in [0.5, 0.6) is 0 Å². The van der Waals surface area contributed by atoms with Crippen LogP contribution in [0.1, 0.15) is 20.8 Å². The van der Waals surface area contributed by atoms with E-state index >= 15 is 0 Å². The van der Waals surface area contributed by atoms with Gasteiger partial charge in [0.25, 0.3) is 5.22 Å². The topological polar surface area (TPSA) is 105 Å². The van der Waals surface area contributed by atoms with Crippen LogP contribution in [0.2, 0.25) is 5.02 Å². The summed E-state index contributed by atoms with van der Waals surface area (Å²) in [6.45, 7) is 6.05. The van der Waals surface area contributed by atoms with Crippen LogP contribution in [0.3, 0.4) is 0 Å². The lowest BCUT2D eigenvalue weighted by Gasteiger charge is -2.18. The molecule has 8 nitrogen and oxygen atoms in total. The second kappa shape index (κ2) is 10.5. The highest BCUT2D eigenvalue weighted by molar-refractivity contribution is 8.00. The highest BCUT2D eigenvalue weighted by atomic mass is 35.5. The van der Waals surface area contributed by atoms with E-state index in [9.17, 15) is 13.2 Å². The smallest absolute Gasteiger partial charge is 0.277 e. The average Bonchev–Trinajstić information content (AvgIpc) is 3.24. The Bertz CT molecular complexity index is 1180. The zero-order valence-electron chi connectivity index (χ0n) is 17.8. The van der Waals surface area contributed by atoms with E-state index in [0.717, 1.165) is 11.8 Å². The maximum absolute atomic E-state index is 12.8.